The van der Waals surface area contributed by atoms with E-state index < -0.39 is 19.9 Å². The van der Waals surface area contributed by atoms with E-state index in [1.807, 2.05) is 39.0 Å². The highest BCUT2D eigenvalue weighted by Crippen LogP contribution is 2.23. The minimum absolute atomic E-state index is 0.0254. The molecular formula is C24H31N3O4S2. The Bertz CT molecular complexity index is 1300. The molecule has 0 N–H and O–H groups in total. The molecule has 0 atom stereocenters. The third-order valence-corrected chi connectivity index (χ3v) is 8.91. The first-order chi connectivity index (χ1) is 15.6. The molecule has 33 heavy (non-hydrogen) atoms. The number of aryl methyl sites for hydroxylation is 1. The van der Waals surface area contributed by atoms with Crippen molar-refractivity contribution in [3.05, 3.63) is 77.6 Å². The average Bonchev–Trinajstić information content (AvgIpc) is 3.16. The predicted molar refractivity (Wildman–Crippen MR) is 129 cm³/mol. The van der Waals surface area contributed by atoms with Crippen LogP contribution < -0.4 is 0 Å². The lowest BCUT2D eigenvalue weighted by atomic mass is 10.1. The molecule has 3 rings (SSSR count). The summed E-state index contributed by atoms with van der Waals surface area (Å²) in [4.78, 5) is 4.47. The number of aromatic nitrogens is 2. The molecule has 0 bridgehead atoms. The van der Waals surface area contributed by atoms with Gasteiger partial charge in [0.25, 0.3) is 0 Å². The molecule has 0 aliphatic carbocycles. The molecule has 0 spiro atoms. The normalized spacial score (nSPS) is 12.5. The summed E-state index contributed by atoms with van der Waals surface area (Å²) in [6.07, 6.45) is 1.48. The van der Waals surface area contributed by atoms with Crippen LogP contribution >= 0.6 is 0 Å². The molecule has 0 aliphatic heterocycles. The number of sulfone groups is 1. The molecule has 0 fully saturated rings. The fourth-order valence-electron chi connectivity index (χ4n) is 3.66. The lowest BCUT2D eigenvalue weighted by Crippen LogP contribution is -2.31. The monoisotopic (exact) mass is 489 g/mol. The minimum Gasteiger partial charge on any atom is -0.317 e. The summed E-state index contributed by atoms with van der Waals surface area (Å²) in [5, 5.41) is -0.0254. The van der Waals surface area contributed by atoms with E-state index in [4.69, 9.17) is 0 Å². The van der Waals surface area contributed by atoms with Crippen LogP contribution in [0.15, 0.2) is 70.8 Å². The average molecular weight is 490 g/mol. The van der Waals surface area contributed by atoms with E-state index in [9.17, 15) is 16.8 Å². The second kappa shape index (κ2) is 10.2. The van der Waals surface area contributed by atoms with Crippen LogP contribution in [-0.2, 0) is 38.7 Å². The first-order valence-corrected chi connectivity index (χ1v) is 14.0. The largest absolute Gasteiger partial charge is 0.317 e. The van der Waals surface area contributed by atoms with Gasteiger partial charge in [-0.25, -0.2) is 21.8 Å². The van der Waals surface area contributed by atoms with Gasteiger partial charge in [0.15, 0.2) is 0 Å². The smallest absolute Gasteiger partial charge is 0.243 e. The number of sulfonamides is 1. The number of imidazole rings is 1. The van der Waals surface area contributed by atoms with Crippen molar-refractivity contribution in [2.24, 2.45) is 5.92 Å². The van der Waals surface area contributed by atoms with E-state index >= 15 is 0 Å². The number of rotatable bonds is 10. The Balaban J connectivity index is 1.99. The molecule has 0 saturated carbocycles. The molecule has 0 saturated heterocycles. The Morgan fingerprint density at radius 3 is 2.21 bits per heavy atom. The van der Waals surface area contributed by atoms with E-state index in [-0.39, 0.29) is 34.8 Å². The number of benzene rings is 2. The summed E-state index contributed by atoms with van der Waals surface area (Å²) in [6.45, 7) is 8.31. The number of nitrogens with zero attached hydrogens (tertiary/aromatic N) is 3. The molecular weight excluding hydrogens is 458 g/mol. The Kier molecular flexibility index (Phi) is 7.76. The van der Waals surface area contributed by atoms with Gasteiger partial charge in [0.1, 0.15) is 0 Å². The van der Waals surface area contributed by atoms with Gasteiger partial charge in [-0.15, -0.1) is 0 Å². The van der Waals surface area contributed by atoms with E-state index in [0.29, 0.717) is 12.2 Å². The molecule has 0 aliphatic rings. The van der Waals surface area contributed by atoms with E-state index in [2.05, 4.69) is 4.98 Å². The van der Waals surface area contributed by atoms with Crippen molar-refractivity contribution in [3.8, 4) is 0 Å². The molecule has 3 aromatic rings. The van der Waals surface area contributed by atoms with E-state index in [0.717, 1.165) is 11.1 Å². The van der Waals surface area contributed by atoms with Gasteiger partial charge in [-0.3, -0.25) is 0 Å². The highest BCUT2D eigenvalue weighted by atomic mass is 32.2. The van der Waals surface area contributed by atoms with Gasteiger partial charge in [0, 0.05) is 13.1 Å². The molecule has 2 aromatic carbocycles. The van der Waals surface area contributed by atoms with Crippen molar-refractivity contribution in [1.29, 1.82) is 0 Å². The molecule has 0 unspecified atom stereocenters. The van der Waals surface area contributed by atoms with Crippen molar-refractivity contribution >= 4 is 19.9 Å². The van der Waals surface area contributed by atoms with Gasteiger partial charge in [0.2, 0.25) is 25.0 Å². The van der Waals surface area contributed by atoms with Crippen LogP contribution in [0.1, 0.15) is 37.6 Å². The predicted octanol–water partition coefficient (Wildman–Crippen LogP) is 4.03. The van der Waals surface area contributed by atoms with Crippen LogP contribution in [0.2, 0.25) is 0 Å². The van der Waals surface area contributed by atoms with Crippen LogP contribution in [0.4, 0.5) is 0 Å². The maximum Gasteiger partial charge on any atom is 0.243 e. The summed E-state index contributed by atoms with van der Waals surface area (Å²) >= 11 is 0. The molecule has 1 heterocycles. The van der Waals surface area contributed by atoms with Crippen molar-refractivity contribution in [2.75, 3.05) is 6.54 Å². The van der Waals surface area contributed by atoms with Gasteiger partial charge in [-0.05, 0) is 36.1 Å². The van der Waals surface area contributed by atoms with Crippen LogP contribution in [0.3, 0.4) is 0 Å². The minimum atomic E-state index is -3.74. The van der Waals surface area contributed by atoms with Crippen LogP contribution in [0.25, 0.3) is 0 Å². The maximum atomic E-state index is 13.3. The van der Waals surface area contributed by atoms with Gasteiger partial charge in [0.05, 0.1) is 29.1 Å². The first kappa shape index (κ1) is 25.1. The van der Waals surface area contributed by atoms with Crippen molar-refractivity contribution in [3.63, 3.8) is 0 Å². The molecule has 178 valence electrons. The zero-order chi connectivity index (χ0) is 24.2. The van der Waals surface area contributed by atoms with Crippen molar-refractivity contribution in [2.45, 2.75) is 56.6 Å². The standard InChI is InChI=1S/C24H31N3O4S2/c1-5-26(33(30,31)23-13-7-6-8-14-23)17-22-15-25-24(27(22)16-19(2)3)32(28,29)18-21-12-10-9-11-20(21)4/h6-15,19H,5,16-18H2,1-4H3. The summed E-state index contributed by atoms with van der Waals surface area (Å²) in [5.41, 5.74) is 2.17. The molecule has 0 amide bonds. The topological polar surface area (TPSA) is 89.3 Å². The second-order valence-corrected chi connectivity index (χ2v) is 12.3. The first-order valence-electron chi connectivity index (χ1n) is 10.9. The van der Waals surface area contributed by atoms with Gasteiger partial charge >= 0.3 is 0 Å². The SMILES string of the molecule is CCN(Cc1cnc(S(=O)(=O)Cc2ccccc2C)n1CC(C)C)S(=O)(=O)c1ccccc1. The van der Waals surface area contributed by atoms with Crippen LogP contribution in [-0.4, -0.2) is 37.2 Å². The fourth-order valence-corrected chi connectivity index (χ4v) is 6.70. The Morgan fingerprint density at radius 2 is 1.61 bits per heavy atom. The Hall–Kier alpha value is -2.49. The van der Waals surface area contributed by atoms with Gasteiger partial charge in [-0.1, -0.05) is 63.2 Å². The highest BCUT2D eigenvalue weighted by Gasteiger charge is 2.28. The number of hydrogen-bond acceptors (Lipinski definition) is 5. The Morgan fingerprint density at radius 1 is 0.970 bits per heavy atom. The Labute approximate surface area is 197 Å². The summed E-state index contributed by atoms with van der Waals surface area (Å²) < 4.78 is 56.0. The fraction of sp³-hybridized carbons (Fsp3) is 0.375. The van der Waals surface area contributed by atoms with Gasteiger partial charge < -0.3 is 4.57 Å². The molecule has 9 heteroatoms. The zero-order valence-corrected chi connectivity index (χ0v) is 21.1. The maximum absolute atomic E-state index is 13.3. The number of hydrogen-bond donors (Lipinski definition) is 0. The summed E-state index contributed by atoms with van der Waals surface area (Å²) in [7, 11) is -7.47. The van der Waals surface area contributed by atoms with Crippen molar-refractivity contribution in [1.82, 2.24) is 13.9 Å². The quantitative estimate of drug-likeness (QED) is 0.429. The third kappa shape index (κ3) is 5.72. The third-order valence-electron chi connectivity index (χ3n) is 5.41. The van der Waals surface area contributed by atoms with E-state index in [1.165, 1.54) is 10.5 Å². The highest BCUT2D eigenvalue weighted by molar-refractivity contribution is 7.90. The summed E-state index contributed by atoms with van der Waals surface area (Å²) in [5.74, 6) is -0.0141. The van der Waals surface area contributed by atoms with Crippen molar-refractivity contribution < 1.29 is 16.8 Å². The second-order valence-electron chi connectivity index (χ2n) is 8.47. The van der Waals surface area contributed by atoms with Crippen LogP contribution in [0, 0.1) is 12.8 Å². The molecule has 0 radical (unpaired) electrons. The van der Waals surface area contributed by atoms with Crippen LogP contribution in [0.5, 0.6) is 0 Å². The molecule has 1 aromatic heterocycles. The lowest BCUT2D eigenvalue weighted by molar-refractivity contribution is 0.395. The van der Waals surface area contributed by atoms with Gasteiger partial charge in [-0.2, -0.15) is 4.31 Å². The zero-order valence-electron chi connectivity index (χ0n) is 19.5. The summed E-state index contributed by atoms with van der Waals surface area (Å²) in [6, 6.07) is 15.6. The lowest BCUT2D eigenvalue weighted by Gasteiger charge is -2.22. The van der Waals surface area contributed by atoms with E-state index in [1.54, 1.807) is 47.9 Å². The molecule has 7 nitrogen and oxygen atoms in total.